The Hall–Kier alpha value is -2.63. The number of rotatable bonds is 4. The van der Waals surface area contributed by atoms with Crippen molar-refractivity contribution >= 4 is 11.9 Å². The molecule has 6 nitrogen and oxygen atoms in total. The third-order valence-corrected chi connectivity index (χ3v) is 4.30. The standard InChI is InChI=1S/C19H22N2O4/c1-14-17(20-18(25-14)15-9-5-4-6-10-15)19(23)24-13-16(22)21-11-7-2-3-8-12-21/h4-6,9-10H,2-3,7-8,11-13H2,1H3. The maximum absolute atomic E-state index is 12.2. The highest BCUT2D eigenvalue weighted by Gasteiger charge is 2.22. The van der Waals surface area contributed by atoms with Crippen molar-refractivity contribution in [3.05, 3.63) is 41.8 Å². The van der Waals surface area contributed by atoms with Gasteiger partial charge in [0.15, 0.2) is 12.3 Å². The van der Waals surface area contributed by atoms with Crippen LogP contribution in [0.1, 0.15) is 41.9 Å². The first-order valence-electron chi connectivity index (χ1n) is 8.63. The van der Waals surface area contributed by atoms with Crippen LogP contribution in [-0.2, 0) is 9.53 Å². The van der Waals surface area contributed by atoms with Gasteiger partial charge in [0.25, 0.3) is 5.91 Å². The van der Waals surface area contributed by atoms with Gasteiger partial charge in [-0.3, -0.25) is 4.79 Å². The van der Waals surface area contributed by atoms with Crippen LogP contribution in [0.2, 0.25) is 0 Å². The van der Waals surface area contributed by atoms with Crippen molar-refractivity contribution in [3.8, 4) is 11.5 Å². The number of aromatic nitrogens is 1. The maximum atomic E-state index is 12.2. The van der Waals surface area contributed by atoms with E-state index in [9.17, 15) is 9.59 Å². The molecule has 0 N–H and O–H groups in total. The van der Waals surface area contributed by atoms with E-state index in [2.05, 4.69) is 4.98 Å². The molecular weight excluding hydrogens is 320 g/mol. The predicted octanol–water partition coefficient (Wildman–Crippen LogP) is 3.21. The van der Waals surface area contributed by atoms with Crippen LogP contribution in [-0.4, -0.2) is 41.5 Å². The van der Waals surface area contributed by atoms with Crippen LogP contribution >= 0.6 is 0 Å². The number of likely N-dealkylation sites (tertiary alicyclic amines) is 1. The zero-order valence-corrected chi connectivity index (χ0v) is 14.4. The molecule has 0 saturated carbocycles. The Morgan fingerprint density at radius 3 is 2.48 bits per heavy atom. The molecular formula is C19H22N2O4. The van der Waals surface area contributed by atoms with E-state index in [1.54, 1.807) is 11.8 Å². The summed E-state index contributed by atoms with van der Waals surface area (Å²) >= 11 is 0. The molecule has 1 fully saturated rings. The SMILES string of the molecule is Cc1oc(-c2ccccc2)nc1C(=O)OCC(=O)N1CCCCCC1. The highest BCUT2D eigenvalue weighted by Crippen LogP contribution is 2.21. The van der Waals surface area contributed by atoms with Crippen LogP contribution in [0.3, 0.4) is 0 Å². The predicted molar refractivity (Wildman–Crippen MR) is 92.0 cm³/mol. The number of carbonyl (C=O) groups excluding carboxylic acids is 2. The molecule has 25 heavy (non-hydrogen) atoms. The minimum Gasteiger partial charge on any atom is -0.451 e. The van der Waals surface area contributed by atoms with Crippen molar-refractivity contribution in [2.75, 3.05) is 19.7 Å². The van der Waals surface area contributed by atoms with Gasteiger partial charge in [-0.15, -0.1) is 0 Å². The van der Waals surface area contributed by atoms with Crippen LogP contribution < -0.4 is 0 Å². The molecule has 6 heteroatoms. The minimum absolute atomic E-state index is 0.113. The van der Waals surface area contributed by atoms with Crippen LogP contribution in [0.5, 0.6) is 0 Å². The van der Waals surface area contributed by atoms with Crippen molar-refractivity contribution in [1.82, 2.24) is 9.88 Å². The quantitative estimate of drug-likeness (QED) is 0.798. The second-order valence-corrected chi connectivity index (χ2v) is 6.16. The van der Waals surface area contributed by atoms with Gasteiger partial charge in [0, 0.05) is 18.7 Å². The number of carbonyl (C=O) groups is 2. The fourth-order valence-electron chi connectivity index (χ4n) is 2.90. The van der Waals surface area contributed by atoms with Gasteiger partial charge >= 0.3 is 5.97 Å². The summed E-state index contributed by atoms with van der Waals surface area (Å²) in [7, 11) is 0. The first kappa shape index (κ1) is 17.2. The molecule has 1 aromatic carbocycles. The summed E-state index contributed by atoms with van der Waals surface area (Å²) < 4.78 is 10.7. The third kappa shape index (κ3) is 4.26. The first-order valence-corrected chi connectivity index (χ1v) is 8.63. The number of hydrogen-bond donors (Lipinski definition) is 0. The Bertz CT molecular complexity index is 731. The van der Waals surface area contributed by atoms with Gasteiger partial charge < -0.3 is 14.1 Å². The molecule has 1 saturated heterocycles. The molecule has 0 spiro atoms. The van der Waals surface area contributed by atoms with Gasteiger partial charge in [-0.05, 0) is 31.9 Å². The molecule has 0 bridgehead atoms. The fourth-order valence-corrected chi connectivity index (χ4v) is 2.90. The first-order chi connectivity index (χ1) is 12.1. The van der Waals surface area contributed by atoms with E-state index in [1.165, 1.54) is 0 Å². The molecule has 1 amide bonds. The molecule has 1 aliphatic heterocycles. The summed E-state index contributed by atoms with van der Waals surface area (Å²) in [5, 5.41) is 0. The summed E-state index contributed by atoms with van der Waals surface area (Å²) in [4.78, 5) is 30.4. The number of amides is 1. The summed E-state index contributed by atoms with van der Waals surface area (Å²) in [6.45, 7) is 2.87. The van der Waals surface area contributed by atoms with Crippen molar-refractivity contribution in [3.63, 3.8) is 0 Å². The van der Waals surface area contributed by atoms with E-state index in [-0.39, 0.29) is 18.2 Å². The maximum Gasteiger partial charge on any atom is 0.361 e. The van der Waals surface area contributed by atoms with Gasteiger partial charge in [-0.25, -0.2) is 9.78 Å². The normalized spacial score (nSPS) is 14.8. The van der Waals surface area contributed by atoms with E-state index >= 15 is 0 Å². The highest BCUT2D eigenvalue weighted by molar-refractivity contribution is 5.90. The minimum atomic E-state index is -0.633. The summed E-state index contributed by atoms with van der Waals surface area (Å²) in [6, 6.07) is 9.33. The second kappa shape index (κ2) is 7.96. The molecule has 1 aromatic heterocycles. The summed E-state index contributed by atoms with van der Waals surface area (Å²) in [6.07, 6.45) is 4.29. The molecule has 2 heterocycles. The molecule has 0 aliphatic carbocycles. The molecule has 0 unspecified atom stereocenters. The number of aryl methyl sites for hydroxylation is 1. The fraction of sp³-hybridized carbons (Fsp3) is 0.421. The Balaban J connectivity index is 1.61. The van der Waals surface area contributed by atoms with E-state index in [0.717, 1.165) is 44.3 Å². The van der Waals surface area contributed by atoms with Gasteiger partial charge in [0.05, 0.1) is 0 Å². The van der Waals surface area contributed by atoms with Gasteiger partial charge in [-0.2, -0.15) is 0 Å². The highest BCUT2D eigenvalue weighted by atomic mass is 16.5. The van der Waals surface area contributed by atoms with Crippen molar-refractivity contribution < 1.29 is 18.7 Å². The Labute approximate surface area is 146 Å². The Morgan fingerprint density at radius 1 is 1.12 bits per heavy atom. The van der Waals surface area contributed by atoms with Crippen molar-refractivity contribution in [1.29, 1.82) is 0 Å². The lowest BCUT2D eigenvalue weighted by molar-refractivity contribution is -0.134. The van der Waals surface area contributed by atoms with Gasteiger partial charge in [0.1, 0.15) is 5.76 Å². The number of hydrogen-bond acceptors (Lipinski definition) is 5. The van der Waals surface area contributed by atoms with Gasteiger partial charge in [-0.1, -0.05) is 31.0 Å². The zero-order chi connectivity index (χ0) is 17.6. The van der Waals surface area contributed by atoms with Crippen LogP contribution in [0, 0.1) is 6.92 Å². The number of nitrogens with zero attached hydrogens (tertiary/aromatic N) is 2. The lowest BCUT2D eigenvalue weighted by atomic mass is 10.2. The summed E-state index contributed by atoms with van der Waals surface area (Å²) in [5.74, 6) is -0.0405. The van der Waals surface area contributed by atoms with Crippen LogP contribution in [0.25, 0.3) is 11.5 Å². The Morgan fingerprint density at radius 2 is 1.80 bits per heavy atom. The van der Waals surface area contributed by atoms with E-state index in [4.69, 9.17) is 9.15 Å². The molecule has 0 radical (unpaired) electrons. The number of benzene rings is 1. The van der Waals surface area contributed by atoms with Crippen molar-refractivity contribution in [2.24, 2.45) is 0 Å². The zero-order valence-electron chi connectivity index (χ0n) is 14.4. The van der Waals surface area contributed by atoms with E-state index in [0.29, 0.717) is 11.7 Å². The monoisotopic (exact) mass is 342 g/mol. The van der Waals surface area contributed by atoms with Gasteiger partial charge in [0.2, 0.25) is 5.89 Å². The molecule has 3 rings (SSSR count). The molecule has 2 aromatic rings. The number of ether oxygens (including phenoxy) is 1. The van der Waals surface area contributed by atoms with Crippen molar-refractivity contribution in [2.45, 2.75) is 32.6 Å². The largest absolute Gasteiger partial charge is 0.451 e. The average Bonchev–Trinajstić information content (AvgIpc) is 2.85. The van der Waals surface area contributed by atoms with Crippen LogP contribution in [0.15, 0.2) is 34.7 Å². The molecule has 0 atom stereocenters. The Kier molecular flexibility index (Phi) is 5.48. The van der Waals surface area contributed by atoms with E-state index in [1.807, 2.05) is 30.3 Å². The lowest BCUT2D eigenvalue weighted by Crippen LogP contribution is -2.35. The third-order valence-electron chi connectivity index (χ3n) is 4.30. The van der Waals surface area contributed by atoms with Crippen LogP contribution in [0.4, 0.5) is 0 Å². The lowest BCUT2D eigenvalue weighted by Gasteiger charge is -2.19. The molecule has 1 aliphatic rings. The number of esters is 1. The number of oxazole rings is 1. The topological polar surface area (TPSA) is 72.6 Å². The average molecular weight is 342 g/mol. The summed E-state index contributed by atoms with van der Waals surface area (Å²) in [5.41, 5.74) is 0.896. The second-order valence-electron chi connectivity index (χ2n) is 6.16. The van der Waals surface area contributed by atoms with E-state index < -0.39 is 5.97 Å². The smallest absolute Gasteiger partial charge is 0.361 e. The molecule has 132 valence electrons.